The fourth-order valence-electron chi connectivity index (χ4n) is 3.52. The number of nitrogens with zero attached hydrogens (tertiary/aromatic N) is 1. The minimum absolute atomic E-state index is 0.119. The van der Waals surface area contributed by atoms with Crippen LogP contribution in [0.15, 0.2) is 48.5 Å². The molecular formula is C22H28ClN3O2. The molecule has 0 bridgehead atoms. The molecule has 3 rings (SSSR count). The number of rotatable bonds is 9. The third-order valence-electron chi connectivity index (χ3n) is 5.17. The van der Waals surface area contributed by atoms with Gasteiger partial charge in [-0.25, -0.2) is 0 Å². The number of anilines is 1. The second-order valence-electron chi connectivity index (χ2n) is 7.15. The number of ether oxygens (including phenoxy) is 1. The van der Waals surface area contributed by atoms with Crippen LogP contribution in [0.1, 0.15) is 30.1 Å². The van der Waals surface area contributed by atoms with Crippen LogP contribution in [-0.4, -0.2) is 38.7 Å². The maximum absolute atomic E-state index is 10.4. The maximum atomic E-state index is 10.4. The van der Waals surface area contributed by atoms with E-state index in [1.165, 1.54) is 0 Å². The number of benzene rings is 2. The predicted molar refractivity (Wildman–Crippen MR) is 114 cm³/mol. The number of halogens is 1. The molecule has 2 aromatic rings. The first-order valence-electron chi connectivity index (χ1n) is 9.80. The molecule has 1 heterocycles. The summed E-state index contributed by atoms with van der Waals surface area (Å²) in [6.45, 7) is 2.87. The van der Waals surface area contributed by atoms with Gasteiger partial charge in [0.05, 0.1) is 12.7 Å². The molecule has 2 aromatic carbocycles. The topological polar surface area (TPSA) is 67.6 Å². The summed E-state index contributed by atoms with van der Waals surface area (Å²) in [6, 6.07) is 16.7. The Balaban J connectivity index is 1.70. The molecule has 1 aliphatic rings. The van der Waals surface area contributed by atoms with Gasteiger partial charge in [-0.3, -0.25) is 4.79 Å². The average molecular weight is 402 g/mol. The van der Waals surface area contributed by atoms with E-state index in [0.29, 0.717) is 32.0 Å². The van der Waals surface area contributed by atoms with E-state index in [2.05, 4.69) is 34.5 Å². The Morgan fingerprint density at radius 3 is 2.64 bits per heavy atom. The molecule has 6 heteroatoms. The first-order chi connectivity index (χ1) is 13.7. The molecule has 0 aliphatic carbocycles. The highest BCUT2D eigenvalue weighted by Gasteiger charge is 2.19. The van der Waals surface area contributed by atoms with Crippen molar-refractivity contribution in [2.45, 2.75) is 31.4 Å². The molecule has 1 atom stereocenters. The van der Waals surface area contributed by atoms with E-state index >= 15 is 0 Å². The Morgan fingerprint density at radius 2 is 1.96 bits per heavy atom. The zero-order chi connectivity index (χ0) is 19.8. The molecule has 1 saturated heterocycles. The van der Waals surface area contributed by atoms with Gasteiger partial charge in [-0.2, -0.15) is 0 Å². The summed E-state index contributed by atoms with van der Waals surface area (Å²) in [7, 11) is 0. The first kappa shape index (κ1) is 20.6. The van der Waals surface area contributed by atoms with E-state index in [1.54, 1.807) is 0 Å². The van der Waals surface area contributed by atoms with Gasteiger partial charge in [0.1, 0.15) is 0 Å². The highest BCUT2D eigenvalue weighted by molar-refractivity contribution is 6.31. The lowest BCUT2D eigenvalue weighted by Gasteiger charge is -2.32. The van der Waals surface area contributed by atoms with Crippen LogP contribution < -0.4 is 16.0 Å². The van der Waals surface area contributed by atoms with Crippen molar-refractivity contribution in [1.29, 1.82) is 0 Å². The van der Waals surface area contributed by atoms with E-state index in [9.17, 15) is 4.79 Å². The Kier molecular flexibility index (Phi) is 7.71. The first-order valence-corrected chi connectivity index (χ1v) is 10.2. The number of carbonyl (C=O) groups excluding carboxylic acids is 1. The van der Waals surface area contributed by atoms with Gasteiger partial charge in [0.25, 0.3) is 0 Å². The van der Waals surface area contributed by atoms with Crippen molar-refractivity contribution >= 4 is 23.7 Å². The maximum Gasteiger partial charge on any atom is 0.207 e. The van der Waals surface area contributed by atoms with Crippen LogP contribution in [0, 0.1) is 0 Å². The van der Waals surface area contributed by atoms with Gasteiger partial charge < -0.3 is 20.7 Å². The Morgan fingerprint density at radius 1 is 1.21 bits per heavy atom. The van der Waals surface area contributed by atoms with Crippen LogP contribution in [-0.2, 0) is 16.0 Å². The van der Waals surface area contributed by atoms with Crippen LogP contribution >= 0.6 is 11.6 Å². The second kappa shape index (κ2) is 10.5. The molecule has 28 heavy (non-hydrogen) atoms. The van der Waals surface area contributed by atoms with Gasteiger partial charge in [-0.15, -0.1) is 0 Å². The molecule has 0 radical (unpaired) electrons. The van der Waals surface area contributed by atoms with Crippen LogP contribution in [0.4, 0.5) is 5.69 Å². The predicted octanol–water partition coefficient (Wildman–Crippen LogP) is 3.31. The fourth-order valence-corrected chi connectivity index (χ4v) is 3.77. The summed E-state index contributed by atoms with van der Waals surface area (Å²) in [5.41, 5.74) is 9.30. The largest absolute Gasteiger partial charge is 0.371 e. The zero-order valence-corrected chi connectivity index (χ0v) is 16.8. The molecule has 0 saturated carbocycles. The SMILES string of the molecule is NC1CCN(c2ccc(CC(OCCNC=O)c3ccccc3)c(Cl)c2)CC1. The van der Waals surface area contributed by atoms with E-state index in [1.807, 2.05) is 24.3 Å². The number of nitrogens with one attached hydrogen (secondary N) is 1. The number of nitrogens with two attached hydrogens (primary N) is 1. The van der Waals surface area contributed by atoms with Crippen molar-refractivity contribution in [3.8, 4) is 0 Å². The summed E-state index contributed by atoms with van der Waals surface area (Å²) in [6.07, 6.45) is 3.26. The summed E-state index contributed by atoms with van der Waals surface area (Å²) in [5.74, 6) is 0. The van der Waals surface area contributed by atoms with Gasteiger partial charge in [-0.05, 0) is 36.1 Å². The normalized spacial score (nSPS) is 16.0. The average Bonchev–Trinajstić information content (AvgIpc) is 2.72. The second-order valence-corrected chi connectivity index (χ2v) is 7.55. The third kappa shape index (κ3) is 5.71. The number of amides is 1. The Bertz CT molecular complexity index is 749. The fraction of sp³-hybridized carbons (Fsp3) is 0.409. The standard InChI is InChI=1S/C22H28ClN3O2/c23-21-15-20(26-11-8-19(24)9-12-26)7-6-18(21)14-22(28-13-10-25-16-27)17-4-2-1-3-5-17/h1-7,15-16,19,22H,8-14,24H2,(H,25,27). The minimum Gasteiger partial charge on any atom is -0.371 e. The van der Waals surface area contributed by atoms with Gasteiger partial charge in [0.2, 0.25) is 6.41 Å². The molecule has 1 fully saturated rings. The lowest BCUT2D eigenvalue weighted by molar-refractivity contribution is -0.109. The summed E-state index contributed by atoms with van der Waals surface area (Å²) < 4.78 is 6.04. The van der Waals surface area contributed by atoms with Crippen molar-refractivity contribution in [3.63, 3.8) is 0 Å². The molecule has 150 valence electrons. The molecule has 1 amide bonds. The van der Waals surface area contributed by atoms with E-state index in [-0.39, 0.29) is 6.10 Å². The quantitative estimate of drug-likeness (QED) is 0.499. The van der Waals surface area contributed by atoms with Gasteiger partial charge >= 0.3 is 0 Å². The van der Waals surface area contributed by atoms with Crippen LogP contribution in [0.3, 0.4) is 0 Å². The van der Waals surface area contributed by atoms with E-state index in [4.69, 9.17) is 22.1 Å². The molecule has 1 unspecified atom stereocenters. The third-order valence-corrected chi connectivity index (χ3v) is 5.52. The number of piperidine rings is 1. The monoisotopic (exact) mass is 401 g/mol. The molecule has 5 nitrogen and oxygen atoms in total. The molecule has 3 N–H and O–H groups in total. The molecule has 0 aromatic heterocycles. The van der Waals surface area contributed by atoms with Crippen molar-refractivity contribution in [2.24, 2.45) is 5.73 Å². The summed E-state index contributed by atoms with van der Waals surface area (Å²) >= 11 is 6.63. The van der Waals surface area contributed by atoms with E-state index in [0.717, 1.165) is 47.8 Å². The molecule has 0 spiro atoms. The van der Waals surface area contributed by atoms with Gasteiger partial charge in [0.15, 0.2) is 0 Å². The summed E-state index contributed by atoms with van der Waals surface area (Å²) in [4.78, 5) is 12.8. The molecular weight excluding hydrogens is 374 g/mol. The van der Waals surface area contributed by atoms with Crippen molar-refractivity contribution in [3.05, 3.63) is 64.7 Å². The lowest BCUT2D eigenvalue weighted by atomic mass is 10.00. The lowest BCUT2D eigenvalue weighted by Crippen LogP contribution is -2.39. The van der Waals surface area contributed by atoms with Crippen molar-refractivity contribution in [1.82, 2.24) is 5.32 Å². The summed E-state index contributed by atoms with van der Waals surface area (Å²) in [5, 5.41) is 3.38. The van der Waals surface area contributed by atoms with Crippen molar-refractivity contribution < 1.29 is 9.53 Å². The zero-order valence-electron chi connectivity index (χ0n) is 16.0. The van der Waals surface area contributed by atoms with Crippen molar-refractivity contribution in [2.75, 3.05) is 31.1 Å². The number of carbonyl (C=O) groups is 1. The minimum atomic E-state index is -0.119. The van der Waals surface area contributed by atoms with Gasteiger partial charge in [0, 0.05) is 42.8 Å². The highest BCUT2D eigenvalue weighted by Crippen LogP contribution is 2.30. The van der Waals surface area contributed by atoms with Crippen LogP contribution in [0.2, 0.25) is 5.02 Å². The molecule has 1 aliphatic heterocycles. The smallest absolute Gasteiger partial charge is 0.207 e. The number of hydrogen-bond acceptors (Lipinski definition) is 4. The van der Waals surface area contributed by atoms with E-state index < -0.39 is 0 Å². The van der Waals surface area contributed by atoms with Crippen LogP contribution in [0.5, 0.6) is 0 Å². The Hall–Kier alpha value is -2.08. The van der Waals surface area contributed by atoms with Gasteiger partial charge in [-0.1, -0.05) is 48.0 Å². The number of hydrogen-bond donors (Lipinski definition) is 2. The highest BCUT2D eigenvalue weighted by atomic mass is 35.5. The Labute approximate surface area is 171 Å². The van der Waals surface area contributed by atoms with Crippen LogP contribution in [0.25, 0.3) is 0 Å².